The number of aliphatic carboxylic acids is 1. The SMILES string of the molecule is COCCO/N=C(\C)COc1ccc(C[C@H](N)C(=O)O)cc1. The fourth-order valence-corrected chi connectivity index (χ4v) is 1.55. The Balaban J connectivity index is 2.39. The highest BCUT2D eigenvalue weighted by Gasteiger charge is 2.11. The Morgan fingerprint density at radius 1 is 1.32 bits per heavy atom. The van der Waals surface area contributed by atoms with Gasteiger partial charge in [-0.3, -0.25) is 4.79 Å². The molecule has 1 aromatic carbocycles. The summed E-state index contributed by atoms with van der Waals surface area (Å²) < 4.78 is 10.4. The van der Waals surface area contributed by atoms with E-state index in [9.17, 15) is 4.79 Å². The van der Waals surface area contributed by atoms with Gasteiger partial charge >= 0.3 is 5.97 Å². The first-order valence-electron chi connectivity index (χ1n) is 6.87. The molecule has 7 heteroatoms. The summed E-state index contributed by atoms with van der Waals surface area (Å²) in [6, 6.07) is 6.22. The molecule has 0 heterocycles. The lowest BCUT2D eigenvalue weighted by Crippen LogP contribution is -2.32. The zero-order valence-electron chi connectivity index (χ0n) is 12.8. The largest absolute Gasteiger partial charge is 0.488 e. The number of hydrogen-bond donors (Lipinski definition) is 2. The third-order valence-corrected chi connectivity index (χ3v) is 2.74. The zero-order chi connectivity index (χ0) is 16.4. The van der Waals surface area contributed by atoms with Crippen LogP contribution >= 0.6 is 0 Å². The van der Waals surface area contributed by atoms with E-state index in [0.29, 0.717) is 31.3 Å². The van der Waals surface area contributed by atoms with Gasteiger partial charge in [0.05, 0.1) is 12.3 Å². The van der Waals surface area contributed by atoms with E-state index in [1.807, 2.05) is 0 Å². The maximum Gasteiger partial charge on any atom is 0.320 e. The molecule has 0 spiro atoms. The van der Waals surface area contributed by atoms with Gasteiger partial charge in [0.25, 0.3) is 0 Å². The first kappa shape index (κ1) is 17.9. The van der Waals surface area contributed by atoms with Crippen molar-refractivity contribution in [1.29, 1.82) is 0 Å². The van der Waals surface area contributed by atoms with E-state index < -0.39 is 12.0 Å². The number of rotatable bonds is 10. The van der Waals surface area contributed by atoms with Gasteiger partial charge in [-0.05, 0) is 31.0 Å². The van der Waals surface area contributed by atoms with Crippen molar-refractivity contribution in [3.05, 3.63) is 29.8 Å². The van der Waals surface area contributed by atoms with E-state index in [4.69, 9.17) is 25.2 Å². The number of hydrogen-bond acceptors (Lipinski definition) is 6. The second-order valence-corrected chi connectivity index (χ2v) is 4.73. The Labute approximate surface area is 129 Å². The average Bonchev–Trinajstić information content (AvgIpc) is 2.50. The Morgan fingerprint density at radius 3 is 2.59 bits per heavy atom. The monoisotopic (exact) mass is 310 g/mol. The minimum Gasteiger partial charge on any atom is -0.488 e. The van der Waals surface area contributed by atoms with E-state index in [2.05, 4.69) is 5.16 Å². The summed E-state index contributed by atoms with van der Waals surface area (Å²) in [7, 11) is 1.59. The van der Waals surface area contributed by atoms with Crippen molar-refractivity contribution in [2.45, 2.75) is 19.4 Å². The Kier molecular flexibility index (Phi) is 7.95. The highest BCUT2D eigenvalue weighted by atomic mass is 16.6. The molecule has 0 aromatic heterocycles. The van der Waals surface area contributed by atoms with Crippen LogP contribution in [-0.2, 0) is 20.8 Å². The molecule has 0 aliphatic heterocycles. The van der Waals surface area contributed by atoms with E-state index in [1.165, 1.54) is 0 Å². The van der Waals surface area contributed by atoms with Crippen LogP contribution in [0.3, 0.4) is 0 Å². The van der Waals surface area contributed by atoms with Crippen molar-refractivity contribution in [1.82, 2.24) is 0 Å². The highest BCUT2D eigenvalue weighted by Crippen LogP contribution is 2.13. The number of nitrogens with two attached hydrogens (primary N) is 1. The van der Waals surface area contributed by atoms with Crippen molar-refractivity contribution in [2.75, 3.05) is 26.9 Å². The van der Waals surface area contributed by atoms with Gasteiger partial charge in [0.15, 0.2) is 0 Å². The number of carboxylic acid groups (broad SMARTS) is 1. The van der Waals surface area contributed by atoms with Crippen LogP contribution < -0.4 is 10.5 Å². The summed E-state index contributed by atoms with van der Waals surface area (Å²) in [4.78, 5) is 15.7. The summed E-state index contributed by atoms with van der Waals surface area (Å²) in [5, 5.41) is 12.6. The van der Waals surface area contributed by atoms with E-state index >= 15 is 0 Å². The molecule has 3 N–H and O–H groups in total. The quantitative estimate of drug-likeness (QED) is 0.380. The van der Waals surface area contributed by atoms with Crippen LogP contribution in [0.5, 0.6) is 5.75 Å². The molecule has 0 aliphatic carbocycles. The third-order valence-electron chi connectivity index (χ3n) is 2.74. The second-order valence-electron chi connectivity index (χ2n) is 4.73. The topological polar surface area (TPSA) is 103 Å². The zero-order valence-corrected chi connectivity index (χ0v) is 12.8. The van der Waals surface area contributed by atoms with Crippen LogP contribution in [0.25, 0.3) is 0 Å². The minimum atomic E-state index is -1.01. The molecule has 0 saturated carbocycles. The van der Waals surface area contributed by atoms with E-state index in [1.54, 1.807) is 38.3 Å². The van der Waals surface area contributed by atoms with Gasteiger partial charge in [0, 0.05) is 7.11 Å². The Hall–Kier alpha value is -2.12. The first-order valence-corrected chi connectivity index (χ1v) is 6.87. The van der Waals surface area contributed by atoms with Crippen LogP contribution in [0.15, 0.2) is 29.4 Å². The van der Waals surface area contributed by atoms with Crippen molar-refractivity contribution in [3.63, 3.8) is 0 Å². The molecule has 122 valence electrons. The summed E-state index contributed by atoms with van der Waals surface area (Å²) in [5.74, 6) is -0.347. The average molecular weight is 310 g/mol. The second kappa shape index (κ2) is 9.75. The van der Waals surface area contributed by atoms with Gasteiger partial charge in [-0.2, -0.15) is 0 Å². The van der Waals surface area contributed by atoms with Gasteiger partial charge in [0.1, 0.15) is 25.0 Å². The predicted molar refractivity (Wildman–Crippen MR) is 82.2 cm³/mol. The summed E-state index contributed by atoms with van der Waals surface area (Å²) in [5.41, 5.74) is 7.03. The van der Waals surface area contributed by atoms with E-state index in [0.717, 1.165) is 5.56 Å². The summed E-state index contributed by atoms with van der Waals surface area (Å²) in [6.45, 7) is 2.98. The number of ether oxygens (including phenoxy) is 2. The lowest BCUT2D eigenvalue weighted by atomic mass is 10.1. The van der Waals surface area contributed by atoms with Crippen molar-refractivity contribution >= 4 is 11.7 Å². The maximum atomic E-state index is 10.7. The molecule has 1 atom stereocenters. The smallest absolute Gasteiger partial charge is 0.320 e. The molecule has 0 radical (unpaired) electrons. The molecule has 1 rings (SSSR count). The van der Waals surface area contributed by atoms with Gasteiger partial charge < -0.3 is 25.2 Å². The molecule has 0 saturated heterocycles. The van der Waals surface area contributed by atoms with Crippen LogP contribution in [0.1, 0.15) is 12.5 Å². The third kappa shape index (κ3) is 7.05. The summed E-state index contributed by atoms with van der Waals surface area (Å²) >= 11 is 0. The maximum absolute atomic E-state index is 10.7. The molecule has 0 amide bonds. The Bertz CT molecular complexity index is 487. The number of benzene rings is 1. The van der Waals surface area contributed by atoms with Crippen LogP contribution in [0, 0.1) is 0 Å². The predicted octanol–water partition coefficient (Wildman–Crippen LogP) is 1.06. The Morgan fingerprint density at radius 2 is 2.00 bits per heavy atom. The fourth-order valence-electron chi connectivity index (χ4n) is 1.55. The van der Waals surface area contributed by atoms with Crippen LogP contribution in [0.2, 0.25) is 0 Å². The molecule has 22 heavy (non-hydrogen) atoms. The normalized spacial score (nSPS) is 12.8. The number of carboxylic acids is 1. The fraction of sp³-hybridized carbons (Fsp3) is 0.467. The van der Waals surface area contributed by atoms with Crippen molar-refractivity contribution in [2.24, 2.45) is 10.9 Å². The first-order chi connectivity index (χ1) is 10.5. The lowest BCUT2D eigenvalue weighted by molar-refractivity contribution is -0.138. The number of oxime groups is 1. The van der Waals surface area contributed by atoms with Gasteiger partial charge in [-0.1, -0.05) is 17.3 Å². The van der Waals surface area contributed by atoms with Crippen molar-refractivity contribution < 1.29 is 24.2 Å². The molecule has 0 aliphatic rings. The molecule has 1 aromatic rings. The lowest BCUT2D eigenvalue weighted by Gasteiger charge is -2.09. The molecular formula is C15H22N2O5. The number of carbonyl (C=O) groups is 1. The summed E-state index contributed by atoms with van der Waals surface area (Å²) in [6.07, 6.45) is 0.281. The number of nitrogens with zero attached hydrogens (tertiary/aromatic N) is 1. The van der Waals surface area contributed by atoms with Gasteiger partial charge in [0.2, 0.25) is 0 Å². The minimum absolute atomic E-state index is 0.281. The highest BCUT2D eigenvalue weighted by molar-refractivity contribution is 5.82. The molecule has 0 fully saturated rings. The molecule has 0 bridgehead atoms. The molecule has 7 nitrogen and oxygen atoms in total. The van der Waals surface area contributed by atoms with Gasteiger partial charge in [-0.15, -0.1) is 0 Å². The standard InChI is InChI=1S/C15H22N2O5/c1-11(17-22-8-7-20-2)10-21-13-5-3-12(4-6-13)9-14(16)15(18)19/h3-6,14H,7-10,16H2,1-2H3,(H,18,19)/b17-11+/t14-/m0/s1. The number of methoxy groups -OCH3 is 1. The molecular weight excluding hydrogens is 288 g/mol. The van der Waals surface area contributed by atoms with Crippen LogP contribution in [-0.4, -0.2) is 49.8 Å². The van der Waals surface area contributed by atoms with Crippen LogP contribution in [0.4, 0.5) is 0 Å². The van der Waals surface area contributed by atoms with Gasteiger partial charge in [-0.25, -0.2) is 0 Å². The molecule has 0 unspecified atom stereocenters. The van der Waals surface area contributed by atoms with E-state index in [-0.39, 0.29) is 6.42 Å². The van der Waals surface area contributed by atoms with Crippen molar-refractivity contribution in [3.8, 4) is 5.75 Å².